The molecule has 0 aliphatic rings. The van der Waals surface area contributed by atoms with Crippen molar-refractivity contribution < 1.29 is 0 Å². The lowest BCUT2D eigenvalue weighted by atomic mass is 9.83. The molecule has 286 valence electrons. The van der Waals surface area contributed by atoms with Crippen molar-refractivity contribution in [3.8, 4) is 55.6 Å². The van der Waals surface area contributed by atoms with Crippen LogP contribution in [-0.2, 0) is 0 Å². The Kier molecular flexibility index (Phi) is 7.71. The predicted octanol–water partition coefficient (Wildman–Crippen LogP) is 17.5. The largest absolute Gasteiger partial charge is 0.0616 e. The van der Waals surface area contributed by atoms with Gasteiger partial charge < -0.3 is 0 Å². The minimum absolute atomic E-state index is 1.21. The highest BCUT2D eigenvalue weighted by atomic mass is 14.2. The molecule has 13 aromatic carbocycles. The molecule has 0 radical (unpaired) electrons. The van der Waals surface area contributed by atoms with Gasteiger partial charge in [-0.3, -0.25) is 0 Å². The van der Waals surface area contributed by atoms with Crippen LogP contribution in [0.4, 0.5) is 0 Å². The standard InChI is InChI=1S/C62H38/c1-3-16-49-39(10-1)12-8-20-51(49)41-22-26-45(27-23-41)60-54-18-5-6-19-55(54)61(46-28-24-42(25-29-46)52-21-9-13-40-11-2-4-17-50(40)52)58-38-48(34-37-57(58)60)53-35-32-47-31-30-43-14-7-15-44-33-36-56(53)62(47)59(43)44/h1-38H. The molecule has 0 saturated heterocycles. The van der Waals surface area contributed by atoms with E-state index in [1.807, 2.05) is 0 Å². The van der Waals surface area contributed by atoms with E-state index in [0.717, 1.165) is 0 Å². The predicted molar refractivity (Wildman–Crippen MR) is 267 cm³/mol. The van der Waals surface area contributed by atoms with Crippen molar-refractivity contribution in [3.63, 3.8) is 0 Å². The second-order valence-corrected chi connectivity index (χ2v) is 16.7. The van der Waals surface area contributed by atoms with Crippen molar-refractivity contribution in [1.82, 2.24) is 0 Å². The van der Waals surface area contributed by atoms with E-state index in [1.54, 1.807) is 0 Å². The maximum atomic E-state index is 2.47. The smallest absolute Gasteiger partial charge is 0.00206 e. The summed E-state index contributed by atoms with van der Waals surface area (Å²) in [7, 11) is 0. The van der Waals surface area contributed by atoms with Crippen molar-refractivity contribution in [2.24, 2.45) is 0 Å². The Hall–Kier alpha value is -8.06. The normalized spacial score (nSPS) is 11.9. The first-order valence-corrected chi connectivity index (χ1v) is 21.6. The number of hydrogen-bond donors (Lipinski definition) is 0. The molecule has 0 aromatic heterocycles. The van der Waals surface area contributed by atoms with Crippen LogP contribution in [0.25, 0.3) is 131 Å². The van der Waals surface area contributed by atoms with Crippen molar-refractivity contribution in [1.29, 1.82) is 0 Å². The van der Waals surface area contributed by atoms with Gasteiger partial charge in [-0.1, -0.05) is 224 Å². The van der Waals surface area contributed by atoms with E-state index in [2.05, 4.69) is 231 Å². The van der Waals surface area contributed by atoms with E-state index >= 15 is 0 Å². The van der Waals surface area contributed by atoms with Gasteiger partial charge in [0.05, 0.1) is 0 Å². The molecule has 0 spiro atoms. The minimum atomic E-state index is 1.21. The zero-order chi connectivity index (χ0) is 40.7. The molecule has 13 aromatic rings. The fourth-order valence-corrected chi connectivity index (χ4v) is 10.5. The maximum Gasteiger partial charge on any atom is -0.00206 e. The molecule has 0 heterocycles. The lowest BCUT2D eigenvalue weighted by molar-refractivity contribution is 1.62. The molecule has 0 amide bonds. The van der Waals surface area contributed by atoms with Gasteiger partial charge in [-0.05, 0) is 137 Å². The third kappa shape index (κ3) is 5.34. The Morgan fingerprint density at radius 2 is 0.548 bits per heavy atom. The van der Waals surface area contributed by atoms with Gasteiger partial charge >= 0.3 is 0 Å². The fourth-order valence-electron chi connectivity index (χ4n) is 10.5. The lowest BCUT2D eigenvalue weighted by Gasteiger charge is -2.20. The monoisotopic (exact) mass is 782 g/mol. The van der Waals surface area contributed by atoms with Crippen molar-refractivity contribution in [3.05, 3.63) is 231 Å². The number of fused-ring (bicyclic) bond motifs is 4. The molecule has 0 heteroatoms. The Balaban J connectivity index is 1.05. The van der Waals surface area contributed by atoms with Crippen molar-refractivity contribution in [2.45, 2.75) is 0 Å². The molecule has 0 aliphatic heterocycles. The third-order valence-corrected chi connectivity index (χ3v) is 13.4. The second kappa shape index (κ2) is 13.7. The SMILES string of the molecule is c1ccc2c(-c3ccc(-c4c5ccccc5c(-c5ccc(-c6cccc7ccccc67)cc5)c5cc(-c6ccc7ccc8cccc9ccc6c7c89)ccc45)cc3)cccc2c1. The highest BCUT2D eigenvalue weighted by molar-refractivity contribution is 6.26. The van der Waals surface area contributed by atoms with E-state index in [1.165, 1.54) is 131 Å². The van der Waals surface area contributed by atoms with Crippen molar-refractivity contribution in [2.75, 3.05) is 0 Å². The first kappa shape index (κ1) is 34.8. The Bertz CT molecular complexity index is 3860. The van der Waals surface area contributed by atoms with Crippen LogP contribution in [0.2, 0.25) is 0 Å². The fraction of sp³-hybridized carbons (Fsp3) is 0. The van der Waals surface area contributed by atoms with Gasteiger partial charge in [-0.25, -0.2) is 0 Å². The van der Waals surface area contributed by atoms with E-state index in [0.29, 0.717) is 0 Å². The maximum absolute atomic E-state index is 2.47. The summed E-state index contributed by atoms with van der Waals surface area (Å²) in [6, 6.07) is 85.8. The average molecular weight is 783 g/mol. The van der Waals surface area contributed by atoms with Crippen LogP contribution < -0.4 is 0 Å². The first-order chi connectivity index (χ1) is 30.7. The zero-order valence-electron chi connectivity index (χ0n) is 33.9. The zero-order valence-corrected chi connectivity index (χ0v) is 33.9. The third-order valence-electron chi connectivity index (χ3n) is 13.4. The molecule has 0 nitrogen and oxygen atoms in total. The molecule has 0 aliphatic carbocycles. The summed E-state index contributed by atoms with van der Waals surface area (Å²) < 4.78 is 0. The summed E-state index contributed by atoms with van der Waals surface area (Å²) in [6.07, 6.45) is 0. The molecular formula is C62H38. The Morgan fingerprint density at radius 1 is 0.177 bits per heavy atom. The molecule has 0 bridgehead atoms. The highest BCUT2D eigenvalue weighted by Crippen LogP contribution is 2.47. The first-order valence-electron chi connectivity index (χ1n) is 21.6. The molecule has 0 saturated carbocycles. The second-order valence-electron chi connectivity index (χ2n) is 16.7. The van der Waals surface area contributed by atoms with E-state index in [9.17, 15) is 0 Å². The van der Waals surface area contributed by atoms with E-state index in [4.69, 9.17) is 0 Å². The summed E-state index contributed by atoms with van der Waals surface area (Å²) in [5, 5.41) is 17.9. The van der Waals surface area contributed by atoms with Crippen LogP contribution in [0.3, 0.4) is 0 Å². The summed E-state index contributed by atoms with van der Waals surface area (Å²) in [4.78, 5) is 0. The number of benzene rings is 13. The van der Waals surface area contributed by atoms with Crippen LogP contribution >= 0.6 is 0 Å². The summed E-state index contributed by atoms with van der Waals surface area (Å²) >= 11 is 0. The molecule has 0 N–H and O–H groups in total. The number of rotatable bonds is 5. The summed E-state index contributed by atoms with van der Waals surface area (Å²) in [5.74, 6) is 0. The molecule has 0 unspecified atom stereocenters. The van der Waals surface area contributed by atoms with E-state index in [-0.39, 0.29) is 0 Å². The summed E-state index contributed by atoms with van der Waals surface area (Å²) in [6.45, 7) is 0. The van der Waals surface area contributed by atoms with Gasteiger partial charge in [0.1, 0.15) is 0 Å². The van der Waals surface area contributed by atoms with Gasteiger partial charge in [0.2, 0.25) is 0 Å². The topological polar surface area (TPSA) is 0 Å². The Morgan fingerprint density at radius 3 is 1.15 bits per heavy atom. The quantitative estimate of drug-likeness (QED) is 0.120. The molecule has 62 heavy (non-hydrogen) atoms. The minimum Gasteiger partial charge on any atom is -0.0616 e. The molecule has 0 atom stereocenters. The van der Waals surface area contributed by atoms with Crippen LogP contribution in [0.15, 0.2) is 231 Å². The summed E-state index contributed by atoms with van der Waals surface area (Å²) in [5.41, 5.74) is 12.4. The van der Waals surface area contributed by atoms with Crippen LogP contribution in [0, 0.1) is 0 Å². The molecule has 13 rings (SSSR count). The molecular weight excluding hydrogens is 745 g/mol. The van der Waals surface area contributed by atoms with Gasteiger partial charge in [0.15, 0.2) is 0 Å². The lowest BCUT2D eigenvalue weighted by Crippen LogP contribution is -1.93. The van der Waals surface area contributed by atoms with Crippen molar-refractivity contribution >= 4 is 75.4 Å². The van der Waals surface area contributed by atoms with Gasteiger partial charge in [-0.2, -0.15) is 0 Å². The van der Waals surface area contributed by atoms with Gasteiger partial charge in [-0.15, -0.1) is 0 Å². The van der Waals surface area contributed by atoms with Gasteiger partial charge in [0.25, 0.3) is 0 Å². The highest BCUT2D eigenvalue weighted by Gasteiger charge is 2.20. The van der Waals surface area contributed by atoms with Crippen LogP contribution in [-0.4, -0.2) is 0 Å². The molecule has 0 fully saturated rings. The number of hydrogen-bond acceptors (Lipinski definition) is 0. The van der Waals surface area contributed by atoms with Gasteiger partial charge in [0, 0.05) is 0 Å². The average Bonchev–Trinajstić information content (AvgIpc) is 3.34. The Labute approximate surface area is 359 Å². The van der Waals surface area contributed by atoms with Crippen LogP contribution in [0.5, 0.6) is 0 Å². The van der Waals surface area contributed by atoms with E-state index < -0.39 is 0 Å². The van der Waals surface area contributed by atoms with Crippen LogP contribution in [0.1, 0.15) is 0 Å².